The molecule has 28 heavy (non-hydrogen) atoms. The molecule has 0 aliphatic heterocycles. The summed E-state index contributed by atoms with van der Waals surface area (Å²) < 4.78 is 35.9. The molecule has 0 aromatic heterocycles. The third kappa shape index (κ3) is 6.03. The minimum absolute atomic E-state index is 0.244. The highest BCUT2D eigenvalue weighted by Crippen LogP contribution is 2.30. The van der Waals surface area contributed by atoms with E-state index in [0.29, 0.717) is 5.75 Å². The molecule has 7 nitrogen and oxygen atoms in total. The number of nitrogens with zero attached hydrogens (tertiary/aromatic N) is 1. The fourth-order valence-electron chi connectivity index (χ4n) is 2.47. The third-order valence-electron chi connectivity index (χ3n) is 3.89. The molecule has 0 saturated carbocycles. The number of nitrogens with one attached hydrogen (secondary N) is 1. The maximum absolute atomic E-state index is 12.2. The Morgan fingerprint density at radius 1 is 1.18 bits per heavy atom. The van der Waals surface area contributed by atoms with Crippen LogP contribution >= 0.6 is 11.6 Å². The molecule has 0 bridgehead atoms. The van der Waals surface area contributed by atoms with Gasteiger partial charge in [-0.2, -0.15) is 0 Å². The van der Waals surface area contributed by atoms with Gasteiger partial charge in [0.05, 0.1) is 30.6 Å². The van der Waals surface area contributed by atoms with Crippen molar-refractivity contribution in [2.45, 2.75) is 6.92 Å². The molecule has 2 aromatic rings. The standard InChI is InChI=1S/C19H23ClN2O5S/c1-14-6-4-5-7-17(14)27-11-10-21-19(23)13-22(28(3,24)25)15-8-9-18(26-2)16(20)12-15/h4-9,12H,10-11,13H2,1-3H3,(H,21,23). The smallest absolute Gasteiger partial charge is 0.240 e. The number of aryl methyl sites for hydroxylation is 1. The normalized spacial score (nSPS) is 11.0. The number of carbonyl (C=O) groups excluding carboxylic acids is 1. The summed E-state index contributed by atoms with van der Waals surface area (Å²) in [6, 6.07) is 12.1. The zero-order valence-electron chi connectivity index (χ0n) is 15.9. The zero-order valence-corrected chi connectivity index (χ0v) is 17.5. The van der Waals surface area contributed by atoms with E-state index >= 15 is 0 Å². The molecule has 1 amide bonds. The van der Waals surface area contributed by atoms with E-state index in [4.69, 9.17) is 21.1 Å². The van der Waals surface area contributed by atoms with Crippen LogP contribution in [0.1, 0.15) is 5.56 Å². The second-order valence-electron chi connectivity index (χ2n) is 6.05. The van der Waals surface area contributed by atoms with Gasteiger partial charge in [0.1, 0.15) is 24.7 Å². The number of ether oxygens (including phenoxy) is 2. The van der Waals surface area contributed by atoms with E-state index in [1.807, 2.05) is 31.2 Å². The van der Waals surface area contributed by atoms with E-state index in [1.54, 1.807) is 6.07 Å². The number of para-hydroxylation sites is 1. The summed E-state index contributed by atoms with van der Waals surface area (Å²) in [7, 11) is -2.23. The number of amides is 1. The molecule has 2 aromatic carbocycles. The van der Waals surface area contributed by atoms with Gasteiger partial charge >= 0.3 is 0 Å². The summed E-state index contributed by atoms with van der Waals surface area (Å²) in [5.74, 6) is 0.699. The molecular formula is C19H23ClN2O5S. The number of methoxy groups -OCH3 is 1. The fourth-order valence-corrected chi connectivity index (χ4v) is 3.57. The summed E-state index contributed by atoms with van der Waals surface area (Å²) in [6.07, 6.45) is 1.03. The first-order chi connectivity index (χ1) is 13.2. The Morgan fingerprint density at radius 2 is 1.89 bits per heavy atom. The van der Waals surface area contributed by atoms with Gasteiger partial charge in [0.15, 0.2) is 0 Å². The Bertz CT molecular complexity index is 934. The lowest BCUT2D eigenvalue weighted by Gasteiger charge is -2.22. The first-order valence-electron chi connectivity index (χ1n) is 8.48. The van der Waals surface area contributed by atoms with Gasteiger partial charge in [-0.05, 0) is 36.8 Å². The van der Waals surface area contributed by atoms with Gasteiger partial charge in [0.2, 0.25) is 15.9 Å². The first kappa shape index (κ1) is 21.8. The van der Waals surface area contributed by atoms with E-state index in [0.717, 1.165) is 21.9 Å². The highest BCUT2D eigenvalue weighted by Gasteiger charge is 2.21. The molecule has 0 unspecified atom stereocenters. The van der Waals surface area contributed by atoms with Crippen LogP contribution in [-0.4, -0.2) is 47.4 Å². The molecule has 9 heteroatoms. The number of sulfonamides is 1. The summed E-state index contributed by atoms with van der Waals surface area (Å²) >= 11 is 6.07. The lowest BCUT2D eigenvalue weighted by Crippen LogP contribution is -2.41. The number of anilines is 1. The third-order valence-corrected chi connectivity index (χ3v) is 5.32. The van der Waals surface area contributed by atoms with Gasteiger partial charge in [-0.25, -0.2) is 8.42 Å². The van der Waals surface area contributed by atoms with E-state index in [1.165, 1.54) is 19.2 Å². The predicted octanol–water partition coefficient (Wildman–Crippen LogP) is 2.62. The van der Waals surface area contributed by atoms with Crippen molar-refractivity contribution in [1.82, 2.24) is 5.32 Å². The lowest BCUT2D eigenvalue weighted by molar-refractivity contribution is -0.119. The Kier molecular flexibility index (Phi) is 7.53. The minimum Gasteiger partial charge on any atom is -0.495 e. The molecule has 0 heterocycles. The molecule has 0 spiro atoms. The average molecular weight is 427 g/mol. The van der Waals surface area contributed by atoms with Crippen molar-refractivity contribution in [3.63, 3.8) is 0 Å². The lowest BCUT2D eigenvalue weighted by atomic mass is 10.2. The van der Waals surface area contributed by atoms with Crippen LogP contribution < -0.4 is 19.1 Å². The molecule has 0 saturated heterocycles. The van der Waals surface area contributed by atoms with E-state index < -0.39 is 15.9 Å². The molecule has 0 aliphatic carbocycles. The summed E-state index contributed by atoms with van der Waals surface area (Å²) in [5, 5.41) is 2.90. The van der Waals surface area contributed by atoms with E-state index in [-0.39, 0.29) is 30.4 Å². The summed E-state index contributed by atoms with van der Waals surface area (Å²) in [5.41, 5.74) is 1.27. The molecule has 152 valence electrons. The Morgan fingerprint density at radius 3 is 2.50 bits per heavy atom. The molecule has 1 N–H and O–H groups in total. The van der Waals surface area contributed by atoms with Crippen molar-refractivity contribution in [3.8, 4) is 11.5 Å². The van der Waals surface area contributed by atoms with Crippen molar-refractivity contribution in [1.29, 1.82) is 0 Å². The van der Waals surface area contributed by atoms with Gasteiger partial charge in [-0.1, -0.05) is 29.8 Å². The molecule has 2 rings (SSSR count). The van der Waals surface area contributed by atoms with Gasteiger partial charge in [0, 0.05) is 0 Å². The molecule has 0 fully saturated rings. The van der Waals surface area contributed by atoms with Crippen molar-refractivity contribution < 1.29 is 22.7 Å². The Labute approximate surface area is 170 Å². The number of carbonyl (C=O) groups is 1. The average Bonchev–Trinajstić information content (AvgIpc) is 2.63. The molecular weight excluding hydrogens is 404 g/mol. The topological polar surface area (TPSA) is 84.9 Å². The maximum Gasteiger partial charge on any atom is 0.240 e. The Hall–Kier alpha value is -2.45. The number of rotatable bonds is 9. The van der Waals surface area contributed by atoms with Crippen LogP contribution in [-0.2, 0) is 14.8 Å². The van der Waals surface area contributed by atoms with Crippen LogP contribution in [0, 0.1) is 6.92 Å². The van der Waals surface area contributed by atoms with Crippen molar-refractivity contribution >= 4 is 33.2 Å². The molecule has 0 radical (unpaired) electrons. The van der Waals surface area contributed by atoms with Gasteiger partial charge in [-0.15, -0.1) is 0 Å². The van der Waals surface area contributed by atoms with Crippen LogP contribution in [0.2, 0.25) is 5.02 Å². The number of hydrogen-bond donors (Lipinski definition) is 1. The summed E-state index contributed by atoms with van der Waals surface area (Å²) in [6.45, 7) is 2.07. The van der Waals surface area contributed by atoms with E-state index in [2.05, 4.69) is 5.32 Å². The second-order valence-corrected chi connectivity index (χ2v) is 8.37. The highest BCUT2D eigenvalue weighted by molar-refractivity contribution is 7.92. The van der Waals surface area contributed by atoms with Gasteiger partial charge in [-0.3, -0.25) is 9.10 Å². The molecule has 0 atom stereocenters. The number of hydrogen-bond acceptors (Lipinski definition) is 5. The van der Waals surface area contributed by atoms with Crippen molar-refractivity contribution in [2.24, 2.45) is 0 Å². The number of benzene rings is 2. The number of halogens is 1. The Balaban J connectivity index is 1.96. The van der Waals surface area contributed by atoms with Crippen molar-refractivity contribution in [3.05, 3.63) is 53.1 Å². The van der Waals surface area contributed by atoms with Crippen LogP contribution in [0.15, 0.2) is 42.5 Å². The zero-order chi connectivity index (χ0) is 20.7. The quantitative estimate of drug-likeness (QED) is 0.623. The van der Waals surface area contributed by atoms with Crippen LogP contribution in [0.4, 0.5) is 5.69 Å². The van der Waals surface area contributed by atoms with Crippen molar-refractivity contribution in [2.75, 3.05) is 37.4 Å². The highest BCUT2D eigenvalue weighted by atomic mass is 35.5. The van der Waals surface area contributed by atoms with Gasteiger partial charge in [0.25, 0.3) is 0 Å². The monoisotopic (exact) mass is 426 g/mol. The second kappa shape index (κ2) is 9.66. The SMILES string of the molecule is COc1ccc(N(CC(=O)NCCOc2ccccc2C)S(C)(=O)=O)cc1Cl. The fraction of sp³-hybridized carbons (Fsp3) is 0.316. The summed E-state index contributed by atoms with van der Waals surface area (Å²) in [4.78, 5) is 12.2. The van der Waals surface area contributed by atoms with Crippen LogP contribution in [0.5, 0.6) is 11.5 Å². The minimum atomic E-state index is -3.69. The van der Waals surface area contributed by atoms with E-state index in [9.17, 15) is 13.2 Å². The van der Waals surface area contributed by atoms with Crippen LogP contribution in [0.3, 0.4) is 0 Å². The first-order valence-corrected chi connectivity index (χ1v) is 10.7. The largest absolute Gasteiger partial charge is 0.495 e. The van der Waals surface area contributed by atoms with Gasteiger partial charge < -0.3 is 14.8 Å². The molecule has 0 aliphatic rings. The maximum atomic E-state index is 12.2. The van der Waals surface area contributed by atoms with Crippen LogP contribution in [0.25, 0.3) is 0 Å². The predicted molar refractivity (Wildman–Crippen MR) is 110 cm³/mol.